The van der Waals surface area contributed by atoms with Crippen LogP contribution in [0.2, 0.25) is 0 Å². The molecule has 0 aromatic carbocycles. The number of hydrogen-bond acceptors (Lipinski definition) is 7. The molecule has 0 aliphatic carbocycles. The topological polar surface area (TPSA) is 93.0 Å². The van der Waals surface area contributed by atoms with Gasteiger partial charge in [-0.3, -0.25) is 4.68 Å². The normalized spacial score (nSPS) is 15.9. The number of fused-ring (bicyclic) bond motifs is 2. The molecular formula is C15H18N6O2S2. The summed E-state index contributed by atoms with van der Waals surface area (Å²) < 4.78 is 27.1. The highest BCUT2D eigenvalue weighted by Gasteiger charge is 2.22. The van der Waals surface area contributed by atoms with Crippen LogP contribution < -0.4 is 5.32 Å². The summed E-state index contributed by atoms with van der Waals surface area (Å²) in [5.74, 6) is 0.784. The second-order valence-electron chi connectivity index (χ2n) is 6.02. The van der Waals surface area contributed by atoms with Crippen LogP contribution in [0.25, 0.3) is 10.2 Å². The summed E-state index contributed by atoms with van der Waals surface area (Å²) in [6, 6.07) is 3.96. The molecule has 1 aliphatic heterocycles. The first-order chi connectivity index (χ1) is 12.0. The van der Waals surface area contributed by atoms with Crippen molar-refractivity contribution in [3.8, 4) is 0 Å². The largest absolute Gasteiger partial charge is 0.364 e. The molecule has 0 unspecified atom stereocenters. The van der Waals surface area contributed by atoms with Crippen LogP contribution in [-0.4, -0.2) is 45.3 Å². The maximum atomic E-state index is 11.8. The van der Waals surface area contributed by atoms with Crippen LogP contribution in [0, 0.1) is 0 Å². The summed E-state index contributed by atoms with van der Waals surface area (Å²) in [6.07, 6.45) is 3.56. The van der Waals surface area contributed by atoms with Gasteiger partial charge in [-0.05, 0) is 23.9 Å². The number of hydrogen-bond donors (Lipinski definition) is 1. The molecule has 0 atom stereocenters. The Hall–Kier alpha value is -2.04. The molecule has 0 saturated heterocycles. The van der Waals surface area contributed by atoms with E-state index in [-0.39, 0.29) is 0 Å². The van der Waals surface area contributed by atoms with Crippen LogP contribution in [-0.2, 0) is 29.7 Å². The van der Waals surface area contributed by atoms with Gasteiger partial charge in [-0.15, -0.1) is 11.3 Å². The van der Waals surface area contributed by atoms with E-state index < -0.39 is 10.0 Å². The molecule has 10 heteroatoms. The summed E-state index contributed by atoms with van der Waals surface area (Å²) in [5.41, 5.74) is 1.79. The smallest absolute Gasteiger partial charge is 0.211 e. The molecule has 0 bridgehead atoms. The van der Waals surface area contributed by atoms with Gasteiger partial charge in [0.05, 0.1) is 36.1 Å². The van der Waals surface area contributed by atoms with E-state index in [0.717, 1.165) is 40.4 Å². The summed E-state index contributed by atoms with van der Waals surface area (Å²) in [5, 5.41) is 10.9. The number of aryl methyl sites for hydroxylation is 1. The Kier molecular flexibility index (Phi) is 4.18. The van der Waals surface area contributed by atoms with Crippen LogP contribution >= 0.6 is 11.3 Å². The van der Waals surface area contributed by atoms with E-state index in [1.807, 2.05) is 22.2 Å². The summed E-state index contributed by atoms with van der Waals surface area (Å²) in [6.45, 7) is 2.16. The minimum atomic E-state index is -3.20. The second-order valence-corrected chi connectivity index (χ2v) is 8.89. The Morgan fingerprint density at radius 1 is 1.32 bits per heavy atom. The van der Waals surface area contributed by atoms with E-state index in [4.69, 9.17) is 0 Å². The lowest BCUT2D eigenvalue weighted by atomic mass is 10.3. The molecule has 0 amide bonds. The molecule has 3 aromatic rings. The van der Waals surface area contributed by atoms with Gasteiger partial charge in [0.1, 0.15) is 17.0 Å². The number of anilines is 1. The van der Waals surface area contributed by atoms with E-state index in [2.05, 4.69) is 20.4 Å². The molecule has 3 aromatic heterocycles. The van der Waals surface area contributed by atoms with Gasteiger partial charge in [0.15, 0.2) is 0 Å². The fourth-order valence-corrected chi connectivity index (χ4v) is 4.53. The summed E-state index contributed by atoms with van der Waals surface area (Å²) in [7, 11) is -3.20. The van der Waals surface area contributed by atoms with Gasteiger partial charge < -0.3 is 5.32 Å². The van der Waals surface area contributed by atoms with Gasteiger partial charge in [-0.1, -0.05) is 0 Å². The average molecular weight is 378 g/mol. The Bertz CT molecular complexity index is 1010. The van der Waals surface area contributed by atoms with Crippen molar-refractivity contribution >= 4 is 37.4 Å². The Labute approximate surface area is 149 Å². The van der Waals surface area contributed by atoms with Crippen LogP contribution in [0.5, 0.6) is 0 Å². The minimum Gasteiger partial charge on any atom is -0.364 e. The second kappa shape index (κ2) is 6.36. The molecule has 0 radical (unpaired) electrons. The van der Waals surface area contributed by atoms with Crippen LogP contribution in [0.4, 0.5) is 5.82 Å². The molecule has 0 saturated carbocycles. The maximum absolute atomic E-state index is 11.8. The highest BCUT2D eigenvalue weighted by atomic mass is 32.2. The number of nitrogens with one attached hydrogen (secondary N) is 1. The quantitative estimate of drug-likeness (QED) is 0.742. The lowest BCUT2D eigenvalue weighted by molar-refractivity contribution is 0.414. The van der Waals surface area contributed by atoms with Gasteiger partial charge in [-0.2, -0.15) is 9.40 Å². The molecule has 8 nitrogen and oxygen atoms in total. The minimum absolute atomic E-state index is 0.369. The van der Waals surface area contributed by atoms with Gasteiger partial charge in [0.2, 0.25) is 10.0 Å². The number of sulfonamides is 1. The zero-order valence-corrected chi connectivity index (χ0v) is 15.3. The maximum Gasteiger partial charge on any atom is 0.211 e. The predicted octanol–water partition coefficient (Wildman–Crippen LogP) is 1.67. The molecule has 4 heterocycles. The SMILES string of the molecule is CS(=O)(=O)N1CCCn2nc(CNc3ncnc4sccc34)cc2C1. The van der Waals surface area contributed by atoms with E-state index >= 15 is 0 Å². The Balaban J connectivity index is 1.52. The molecule has 1 aliphatic rings. The van der Waals surface area contributed by atoms with E-state index in [1.54, 1.807) is 17.7 Å². The lowest BCUT2D eigenvalue weighted by Gasteiger charge is -2.16. The van der Waals surface area contributed by atoms with Crippen LogP contribution in [0.3, 0.4) is 0 Å². The van der Waals surface area contributed by atoms with Crippen molar-refractivity contribution in [3.63, 3.8) is 0 Å². The number of aromatic nitrogens is 4. The van der Waals surface area contributed by atoms with Crippen molar-refractivity contribution in [2.24, 2.45) is 0 Å². The number of nitrogens with zero attached hydrogens (tertiary/aromatic N) is 5. The number of rotatable bonds is 4. The fourth-order valence-electron chi connectivity index (χ4n) is 2.97. The molecule has 0 fully saturated rings. The molecule has 0 spiro atoms. The van der Waals surface area contributed by atoms with Gasteiger partial charge >= 0.3 is 0 Å². The number of thiophene rings is 1. The molecule has 25 heavy (non-hydrogen) atoms. The van der Waals surface area contributed by atoms with Gasteiger partial charge in [0, 0.05) is 13.1 Å². The standard InChI is InChI=1S/C15H18N6O2S2/c1-25(22,23)20-4-2-5-21-12(9-20)7-11(19-21)8-16-14-13-3-6-24-15(13)18-10-17-14/h3,6-7,10H,2,4-5,8-9H2,1H3,(H,16,17,18). The van der Waals surface area contributed by atoms with Crippen molar-refractivity contribution in [1.82, 2.24) is 24.1 Å². The van der Waals surface area contributed by atoms with E-state index in [1.165, 1.54) is 10.6 Å². The zero-order chi connectivity index (χ0) is 17.4. The van der Waals surface area contributed by atoms with Crippen LogP contribution in [0.15, 0.2) is 23.8 Å². The molecular weight excluding hydrogens is 360 g/mol. The van der Waals surface area contributed by atoms with Gasteiger partial charge in [0.25, 0.3) is 0 Å². The zero-order valence-electron chi connectivity index (χ0n) is 13.7. The first-order valence-electron chi connectivity index (χ1n) is 7.93. The third kappa shape index (κ3) is 3.37. The third-order valence-electron chi connectivity index (χ3n) is 4.20. The summed E-state index contributed by atoms with van der Waals surface area (Å²) >= 11 is 1.58. The van der Waals surface area contributed by atoms with E-state index in [9.17, 15) is 8.42 Å². The van der Waals surface area contributed by atoms with E-state index in [0.29, 0.717) is 19.6 Å². The first-order valence-corrected chi connectivity index (χ1v) is 10.7. The van der Waals surface area contributed by atoms with Gasteiger partial charge in [-0.25, -0.2) is 18.4 Å². The Morgan fingerprint density at radius 3 is 3.04 bits per heavy atom. The molecule has 1 N–H and O–H groups in total. The average Bonchev–Trinajstić information content (AvgIpc) is 3.14. The Morgan fingerprint density at radius 2 is 2.20 bits per heavy atom. The first kappa shape index (κ1) is 16.4. The van der Waals surface area contributed by atoms with Crippen molar-refractivity contribution in [1.29, 1.82) is 0 Å². The molecule has 4 rings (SSSR count). The predicted molar refractivity (Wildman–Crippen MR) is 96.8 cm³/mol. The van der Waals surface area contributed by atoms with Crippen molar-refractivity contribution in [3.05, 3.63) is 35.2 Å². The fraction of sp³-hybridized carbons (Fsp3) is 0.400. The molecule has 132 valence electrons. The summed E-state index contributed by atoms with van der Waals surface area (Å²) in [4.78, 5) is 9.48. The van der Waals surface area contributed by atoms with Crippen LogP contribution in [0.1, 0.15) is 17.8 Å². The van der Waals surface area contributed by atoms with Crippen molar-refractivity contribution in [2.45, 2.75) is 26.1 Å². The highest BCUT2D eigenvalue weighted by molar-refractivity contribution is 7.88. The van der Waals surface area contributed by atoms with Crippen molar-refractivity contribution in [2.75, 3.05) is 18.1 Å². The highest BCUT2D eigenvalue weighted by Crippen LogP contribution is 2.24. The third-order valence-corrected chi connectivity index (χ3v) is 6.27. The monoisotopic (exact) mass is 378 g/mol. The van der Waals surface area contributed by atoms with Crippen molar-refractivity contribution < 1.29 is 8.42 Å². The lowest BCUT2D eigenvalue weighted by Crippen LogP contribution is -2.29.